The van der Waals surface area contributed by atoms with Gasteiger partial charge in [0.25, 0.3) is 0 Å². The van der Waals surface area contributed by atoms with Gasteiger partial charge in [-0.15, -0.1) is 0 Å². The van der Waals surface area contributed by atoms with Crippen molar-refractivity contribution < 1.29 is 14.3 Å². The molecule has 108 valence electrons. The molecule has 2 rings (SSSR count). The van der Waals surface area contributed by atoms with E-state index in [2.05, 4.69) is 5.32 Å². The molecule has 20 heavy (non-hydrogen) atoms. The largest absolute Gasteiger partial charge is 0.497 e. The molecular weight excluding hydrogens is 258 g/mol. The Morgan fingerprint density at radius 2 is 2.25 bits per heavy atom. The van der Waals surface area contributed by atoms with Crippen molar-refractivity contribution in [3.05, 3.63) is 24.3 Å². The highest BCUT2D eigenvalue weighted by Crippen LogP contribution is 2.17. The maximum absolute atomic E-state index is 12.3. The lowest BCUT2D eigenvalue weighted by Gasteiger charge is -2.36. The van der Waals surface area contributed by atoms with E-state index in [4.69, 9.17) is 4.74 Å². The summed E-state index contributed by atoms with van der Waals surface area (Å²) in [4.78, 5) is 26.9. The summed E-state index contributed by atoms with van der Waals surface area (Å²) >= 11 is 0. The van der Waals surface area contributed by atoms with E-state index in [9.17, 15) is 9.59 Å². The third-order valence-corrected chi connectivity index (χ3v) is 3.40. The lowest BCUT2D eigenvalue weighted by atomic mass is 10.1. The number of hydrogen-bond acceptors (Lipinski definition) is 4. The van der Waals surface area contributed by atoms with Crippen LogP contribution in [-0.2, 0) is 9.59 Å². The Kier molecular flexibility index (Phi) is 4.57. The van der Waals surface area contributed by atoms with E-state index in [1.54, 1.807) is 25.3 Å². The number of anilines is 1. The van der Waals surface area contributed by atoms with E-state index >= 15 is 0 Å². The Morgan fingerprint density at radius 1 is 1.45 bits per heavy atom. The first-order valence-corrected chi connectivity index (χ1v) is 6.48. The van der Waals surface area contributed by atoms with E-state index in [1.807, 2.05) is 18.0 Å². The summed E-state index contributed by atoms with van der Waals surface area (Å²) in [6.45, 7) is 1.88. The summed E-state index contributed by atoms with van der Waals surface area (Å²) in [6, 6.07) is 6.69. The fourth-order valence-electron chi connectivity index (χ4n) is 2.22. The number of hydrogen-bond donors (Lipinski definition) is 1. The van der Waals surface area contributed by atoms with Gasteiger partial charge >= 0.3 is 0 Å². The minimum absolute atomic E-state index is 0.183. The van der Waals surface area contributed by atoms with Crippen LogP contribution in [0.4, 0.5) is 5.69 Å². The van der Waals surface area contributed by atoms with Gasteiger partial charge in [-0.3, -0.25) is 9.59 Å². The molecule has 1 aliphatic heterocycles. The minimum atomic E-state index is -0.461. The second-order valence-electron chi connectivity index (χ2n) is 4.84. The molecule has 0 aliphatic carbocycles. The molecule has 0 spiro atoms. The standard InChI is InChI=1S/C14H19N3O3/c1-16-6-7-17(10-18)13(9-16)14(19)15-11-4-3-5-12(8-11)20-2/h3-5,8,10,13H,6-7,9H2,1-2H3,(H,15,19). The van der Waals surface area contributed by atoms with Gasteiger partial charge in [0.2, 0.25) is 12.3 Å². The summed E-state index contributed by atoms with van der Waals surface area (Å²) < 4.78 is 5.12. The average Bonchev–Trinajstić information content (AvgIpc) is 2.47. The number of amides is 2. The highest BCUT2D eigenvalue weighted by Gasteiger charge is 2.30. The quantitative estimate of drug-likeness (QED) is 0.810. The first-order chi connectivity index (χ1) is 9.63. The molecule has 1 saturated heterocycles. The van der Waals surface area contributed by atoms with Crippen LogP contribution in [0.15, 0.2) is 24.3 Å². The van der Waals surface area contributed by atoms with Crippen LogP contribution in [0, 0.1) is 0 Å². The summed E-state index contributed by atoms with van der Waals surface area (Å²) in [7, 11) is 3.51. The first-order valence-electron chi connectivity index (χ1n) is 6.48. The van der Waals surface area contributed by atoms with E-state index in [0.29, 0.717) is 24.5 Å². The Morgan fingerprint density at radius 3 is 2.95 bits per heavy atom. The van der Waals surface area contributed by atoms with Crippen molar-refractivity contribution in [3.63, 3.8) is 0 Å². The van der Waals surface area contributed by atoms with Gasteiger partial charge in [0.05, 0.1) is 7.11 Å². The Balaban J connectivity index is 2.07. The molecule has 1 atom stereocenters. The predicted octanol–water partition coefficient (Wildman–Crippen LogP) is 0.406. The van der Waals surface area contributed by atoms with Crippen molar-refractivity contribution in [1.82, 2.24) is 9.80 Å². The molecule has 0 aromatic heterocycles. The molecule has 1 aromatic rings. The SMILES string of the molecule is COc1cccc(NC(=O)C2CN(C)CCN2C=O)c1. The molecule has 1 heterocycles. The smallest absolute Gasteiger partial charge is 0.248 e. The maximum Gasteiger partial charge on any atom is 0.248 e. The fraction of sp³-hybridized carbons (Fsp3) is 0.429. The zero-order chi connectivity index (χ0) is 14.5. The summed E-state index contributed by atoms with van der Waals surface area (Å²) in [5.74, 6) is 0.493. The number of rotatable bonds is 4. The normalized spacial score (nSPS) is 19.5. The highest BCUT2D eigenvalue weighted by atomic mass is 16.5. The molecule has 1 fully saturated rings. The van der Waals surface area contributed by atoms with Gasteiger partial charge in [0.15, 0.2) is 0 Å². The predicted molar refractivity (Wildman–Crippen MR) is 75.7 cm³/mol. The molecule has 1 aromatic carbocycles. The summed E-state index contributed by atoms with van der Waals surface area (Å²) in [5.41, 5.74) is 0.661. The van der Waals surface area contributed by atoms with E-state index < -0.39 is 6.04 Å². The molecule has 1 aliphatic rings. The number of piperazine rings is 1. The zero-order valence-corrected chi connectivity index (χ0v) is 11.7. The Labute approximate surface area is 118 Å². The minimum Gasteiger partial charge on any atom is -0.497 e. The average molecular weight is 277 g/mol. The molecule has 2 amide bonds. The number of nitrogens with zero attached hydrogens (tertiary/aromatic N) is 2. The molecular formula is C14H19N3O3. The molecule has 1 N–H and O–H groups in total. The number of nitrogens with one attached hydrogen (secondary N) is 1. The molecule has 1 unspecified atom stereocenters. The van der Waals surface area contributed by atoms with Crippen LogP contribution < -0.4 is 10.1 Å². The lowest BCUT2D eigenvalue weighted by molar-refractivity contribution is -0.132. The number of methoxy groups -OCH3 is 1. The van der Waals surface area contributed by atoms with Crippen molar-refractivity contribution in [1.29, 1.82) is 0 Å². The van der Waals surface area contributed by atoms with E-state index in [1.165, 1.54) is 4.90 Å². The van der Waals surface area contributed by atoms with Crippen LogP contribution in [0.1, 0.15) is 0 Å². The van der Waals surface area contributed by atoms with Gasteiger partial charge in [-0.05, 0) is 19.2 Å². The monoisotopic (exact) mass is 277 g/mol. The maximum atomic E-state index is 12.3. The number of ether oxygens (including phenoxy) is 1. The van der Waals surface area contributed by atoms with Gasteiger partial charge in [-0.25, -0.2) is 0 Å². The van der Waals surface area contributed by atoms with Gasteiger partial charge < -0.3 is 19.9 Å². The van der Waals surface area contributed by atoms with Gasteiger partial charge in [-0.2, -0.15) is 0 Å². The highest BCUT2D eigenvalue weighted by molar-refractivity contribution is 5.96. The van der Waals surface area contributed by atoms with Gasteiger partial charge in [0, 0.05) is 31.4 Å². The number of carbonyl (C=O) groups excluding carboxylic acids is 2. The van der Waals surface area contributed by atoms with Crippen LogP contribution in [0.5, 0.6) is 5.75 Å². The second kappa shape index (κ2) is 6.38. The number of carbonyl (C=O) groups is 2. The molecule has 0 radical (unpaired) electrons. The van der Waals surface area contributed by atoms with Crippen molar-refractivity contribution in [2.75, 3.05) is 39.1 Å². The summed E-state index contributed by atoms with van der Waals surface area (Å²) in [6.07, 6.45) is 0.739. The van der Waals surface area contributed by atoms with Crippen molar-refractivity contribution in [3.8, 4) is 5.75 Å². The Hall–Kier alpha value is -2.08. The van der Waals surface area contributed by atoms with Crippen molar-refractivity contribution in [2.24, 2.45) is 0 Å². The lowest BCUT2D eigenvalue weighted by Crippen LogP contribution is -2.56. The van der Waals surface area contributed by atoms with Gasteiger partial charge in [-0.1, -0.05) is 6.07 Å². The van der Waals surface area contributed by atoms with Crippen molar-refractivity contribution >= 4 is 18.0 Å². The third kappa shape index (κ3) is 3.27. The van der Waals surface area contributed by atoms with Gasteiger partial charge in [0.1, 0.15) is 11.8 Å². The molecule has 6 nitrogen and oxygen atoms in total. The van der Waals surface area contributed by atoms with E-state index in [-0.39, 0.29) is 5.91 Å². The summed E-state index contributed by atoms with van der Waals surface area (Å²) in [5, 5.41) is 2.83. The number of benzene rings is 1. The second-order valence-corrected chi connectivity index (χ2v) is 4.84. The van der Waals surface area contributed by atoms with Crippen LogP contribution >= 0.6 is 0 Å². The third-order valence-electron chi connectivity index (χ3n) is 3.40. The molecule has 6 heteroatoms. The number of likely N-dealkylation sites (N-methyl/N-ethyl adjacent to an activating group) is 1. The van der Waals surface area contributed by atoms with Crippen LogP contribution in [-0.4, -0.2) is 62.0 Å². The topological polar surface area (TPSA) is 61.9 Å². The molecule has 0 saturated carbocycles. The first kappa shape index (κ1) is 14.3. The van der Waals surface area contributed by atoms with Crippen LogP contribution in [0.25, 0.3) is 0 Å². The van der Waals surface area contributed by atoms with Crippen LogP contribution in [0.2, 0.25) is 0 Å². The van der Waals surface area contributed by atoms with Crippen LogP contribution in [0.3, 0.4) is 0 Å². The van der Waals surface area contributed by atoms with Crippen molar-refractivity contribution in [2.45, 2.75) is 6.04 Å². The zero-order valence-electron chi connectivity index (χ0n) is 11.7. The molecule has 0 bridgehead atoms. The fourth-order valence-corrected chi connectivity index (χ4v) is 2.22. The van der Waals surface area contributed by atoms with E-state index in [0.717, 1.165) is 13.0 Å². The Bertz CT molecular complexity index is 492.